The van der Waals surface area contributed by atoms with Gasteiger partial charge in [0.25, 0.3) is 0 Å². The highest BCUT2D eigenvalue weighted by molar-refractivity contribution is 5.96. The smallest absolute Gasteiger partial charge is 0.241 e. The van der Waals surface area contributed by atoms with E-state index in [-0.39, 0.29) is 5.91 Å². The van der Waals surface area contributed by atoms with Crippen LogP contribution >= 0.6 is 0 Å². The van der Waals surface area contributed by atoms with Crippen LogP contribution in [-0.2, 0) is 4.79 Å². The number of amides is 1. The molecule has 1 aliphatic rings. The molecule has 0 saturated carbocycles. The van der Waals surface area contributed by atoms with Gasteiger partial charge in [0.05, 0.1) is 6.54 Å². The monoisotopic (exact) mass is 303 g/mol. The van der Waals surface area contributed by atoms with Crippen LogP contribution in [0.25, 0.3) is 0 Å². The van der Waals surface area contributed by atoms with Gasteiger partial charge in [-0.3, -0.25) is 9.69 Å². The van der Waals surface area contributed by atoms with Crippen LogP contribution in [0.3, 0.4) is 0 Å². The number of aryl methyl sites for hydroxylation is 2. The van der Waals surface area contributed by atoms with Crippen molar-refractivity contribution in [2.24, 2.45) is 0 Å². The van der Waals surface area contributed by atoms with Gasteiger partial charge in [-0.05, 0) is 31.4 Å². The maximum Gasteiger partial charge on any atom is 0.241 e. The summed E-state index contributed by atoms with van der Waals surface area (Å²) in [5.41, 5.74) is 3.48. The Hall–Kier alpha value is -1.39. The first-order valence-corrected chi connectivity index (χ1v) is 8.43. The Labute approximate surface area is 134 Å². The van der Waals surface area contributed by atoms with Gasteiger partial charge < -0.3 is 10.2 Å². The minimum Gasteiger partial charge on any atom is -0.314 e. The number of piperazine rings is 1. The molecule has 0 aromatic heterocycles. The van der Waals surface area contributed by atoms with Crippen LogP contribution in [0.15, 0.2) is 18.2 Å². The summed E-state index contributed by atoms with van der Waals surface area (Å²) < 4.78 is 0. The van der Waals surface area contributed by atoms with E-state index in [2.05, 4.69) is 49.2 Å². The summed E-state index contributed by atoms with van der Waals surface area (Å²) in [6.07, 6.45) is 2.14. The number of nitrogens with one attached hydrogen (secondary N) is 1. The fourth-order valence-corrected chi connectivity index (χ4v) is 3.05. The van der Waals surface area contributed by atoms with Crippen molar-refractivity contribution in [1.29, 1.82) is 0 Å². The lowest BCUT2D eigenvalue weighted by atomic mass is 10.1. The largest absolute Gasteiger partial charge is 0.314 e. The van der Waals surface area contributed by atoms with Gasteiger partial charge in [-0.2, -0.15) is 0 Å². The van der Waals surface area contributed by atoms with E-state index in [1.807, 2.05) is 4.90 Å². The average molecular weight is 303 g/mol. The van der Waals surface area contributed by atoms with E-state index in [9.17, 15) is 4.79 Å². The number of nitrogens with zero attached hydrogens (tertiary/aromatic N) is 2. The molecule has 4 heteroatoms. The topological polar surface area (TPSA) is 35.6 Å². The summed E-state index contributed by atoms with van der Waals surface area (Å²) in [5.74, 6) is 0.229. The lowest BCUT2D eigenvalue weighted by molar-refractivity contribution is -0.119. The van der Waals surface area contributed by atoms with Crippen LogP contribution in [0, 0.1) is 13.8 Å². The Kier molecular flexibility index (Phi) is 6.40. The molecule has 2 rings (SSSR count). The first-order chi connectivity index (χ1) is 10.6. The maximum atomic E-state index is 12.9. The molecular formula is C18H29N3O. The SMILES string of the molecule is CCCCN(C(=O)CN1CCNCC1)c1c(C)cccc1C. The average Bonchev–Trinajstić information content (AvgIpc) is 2.51. The predicted molar refractivity (Wildman–Crippen MR) is 92.5 cm³/mol. The van der Waals surface area contributed by atoms with E-state index in [1.54, 1.807) is 0 Å². The highest BCUT2D eigenvalue weighted by atomic mass is 16.2. The van der Waals surface area contributed by atoms with Crippen LogP contribution in [0.5, 0.6) is 0 Å². The van der Waals surface area contributed by atoms with Crippen LogP contribution in [0.4, 0.5) is 5.69 Å². The molecule has 1 N–H and O–H groups in total. The van der Waals surface area contributed by atoms with E-state index in [1.165, 1.54) is 11.1 Å². The van der Waals surface area contributed by atoms with Crippen molar-refractivity contribution < 1.29 is 4.79 Å². The van der Waals surface area contributed by atoms with Gasteiger partial charge in [0, 0.05) is 38.4 Å². The minimum absolute atomic E-state index is 0.229. The van der Waals surface area contributed by atoms with Crippen molar-refractivity contribution in [1.82, 2.24) is 10.2 Å². The van der Waals surface area contributed by atoms with Crippen molar-refractivity contribution in [3.63, 3.8) is 0 Å². The molecule has 1 aromatic carbocycles. The number of hydrogen-bond acceptors (Lipinski definition) is 3. The molecule has 1 saturated heterocycles. The van der Waals surface area contributed by atoms with Crippen molar-refractivity contribution in [2.75, 3.05) is 44.2 Å². The molecule has 22 heavy (non-hydrogen) atoms. The number of anilines is 1. The van der Waals surface area contributed by atoms with Crippen molar-refractivity contribution >= 4 is 11.6 Å². The second kappa shape index (κ2) is 8.30. The van der Waals surface area contributed by atoms with Crippen molar-refractivity contribution in [2.45, 2.75) is 33.6 Å². The van der Waals surface area contributed by atoms with E-state index in [0.29, 0.717) is 6.54 Å². The van der Waals surface area contributed by atoms with Crippen molar-refractivity contribution in [3.8, 4) is 0 Å². The fourth-order valence-electron chi connectivity index (χ4n) is 3.05. The van der Waals surface area contributed by atoms with Crippen LogP contribution in [-0.4, -0.2) is 50.1 Å². The molecular weight excluding hydrogens is 274 g/mol. The molecule has 0 unspecified atom stereocenters. The molecule has 0 aliphatic carbocycles. The summed E-state index contributed by atoms with van der Waals surface area (Å²) in [6.45, 7) is 11.6. The summed E-state index contributed by atoms with van der Waals surface area (Å²) in [6, 6.07) is 6.26. The van der Waals surface area contributed by atoms with Crippen LogP contribution in [0.2, 0.25) is 0 Å². The van der Waals surface area contributed by atoms with Gasteiger partial charge >= 0.3 is 0 Å². The quantitative estimate of drug-likeness (QED) is 0.876. The fraction of sp³-hybridized carbons (Fsp3) is 0.611. The van der Waals surface area contributed by atoms with Gasteiger partial charge in [0.1, 0.15) is 0 Å². The summed E-state index contributed by atoms with van der Waals surface area (Å²) in [5, 5.41) is 3.33. The number of unbranched alkanes of at least 4 members (excludes halogenated alkanes) is 1. The third-order valence-electron chi connectivity index (χ3n) is 4.31. The minimum atomic E-state index is 0.229. The molecule has 0 radical (unpaired) electrons. The van der Waals surface area contributed by atoms with E-state index < -0.39 is 0 Å². The third-order valence-corrected chi connectivity index (χ3v) is 4.31. The van der Waals surface area contributed by atoms with Crippen LogP contribution < -0.4 is 10.2 Å². The van der Waals surface area contributed by atoms with E-state index >= 15 is 0 Å². The van der Waals surface area contributed by atoms with Crippen LogP contribution in [0.1, 0.15) is 30.9 Å². The molecule has 0 bridgehead atoms. The highest BCUT2D eigenvalue weighted by Gasteiger charge is 2.22. The standard InChI is InChI=1S/C18H29N3O/c1-4-5-11-21(18-15(2)7-6-8-16(18)3)17(22)14-20-12-9-19-10-13-20/h6-8,19H,4-5,9-14H2,1-3H3. The van der Waals surface area contributed by atoms with Crippen molar-refractivity contribution in [3.05, 3.63) is 29.3 Å². The molecule has 1 heterocycles. The van der Waals surface area contributed by atoms with Gasteiger partial charge in [-0.1, -0.05) is 31.5 Å². The van der Waals surface area contributed by atoms with Gasteiger partial charge in [0.15, 0.2) is 0 Å². The lowest BCUT2D eigenvalue weighted by Crippen LogP contribution is -2.48. The van der Waals surface area contributed by atoms with E-state index in [4.69, 9.17) is 0 Å². The Balaban J connectivity index is 2.15. The number of rotatable bonds is 6. The zero-order valence-corrected chi connectivity index (χ0v) is 14.2. The Morgan fingerprint density at radius 2 is 1.86 bits per heavy atom. The zero-order valence-electron chi connectivity index (χ0n) is 14.2. The highest BCUT2D eigenvalue weighted by Crippen LogP contribution is 2.25. The van der Waals surface area contributed by atoms with E-state index in [0.717, 1.165) is 51.3 Å². The lowest BCUT2D eigenvalue weighted by Gasteiger charge is -2.31. The Bertz CT molecular complexity index is 475. The molecule has 1 amide bonds. The molecule has 1 aliphatic heterocycles. The number of hydrogen-bond donors (Lipinski definition) is 1. The number of benzene rings is 1. The maximum absolute atomic E-state index is 12.9. The molecule has 0 atom stereocenters. The molecule has 4 nitrogen and oxygen atoms in total. The molecule has 1 fully saturated rings. The predicted octanol–water partition coefficient (Wildman–Crippen LogP) is 2.34. The summed E-state index contributed by atoms with van der Waals surface area (Å²) in [7, 11) is 0. The second-order valence-electron chi connectivity index (χ2n) is 6.17. The molecule has 122 valence electrons. The van der Waals surface area contributed by atoms with Gasteiger partial charge in [-0.25, -0.2) is 0 Å². The Morgan fingerprint density at radius 3 is 2.45 bits per heavy atom. The summed E-state index contributed by atoms with van der Waals surface area (Å²) >= 11 is 0. The number of para-hydroxylation sites is 1. The second-order valence-corrected chi connectivity index (χ2v) is 6.17. The molecule has 0 spiro atoms. The number of carbonyl (C=O) groups is 1. The van der Waals surface area contributed by atoms with Gasteiger partial charge in [0.2, 0.25) is 5.91 Å². The first-order valence-electron chi connectivity index (χ1n) is 8.43. The molecule has 1 aromatic rings. The Morgan fingerprint density at radius 1 is 1.23 bits per heavy atom. The summed E-state index contributed by atoms with van der Waals surface area (Å²) in [4.78, 5) is 17.2. The van der Waals surface area contributed by atoms with Gasteiger partial charge in [-0.15, -0.1) is 0 Å². The normalized spacial score (nSPS) is 15.8. The number of carbonyl (C=O) groups excluding carboxylic acids is 1. The zero-order chi connectivity index (χ0) is 15.9. The third kappa shape index (κ3) is 4.31. The first kappa shape index (κ1) is 17.0.